The molecule has 0 fully saturated rings. The summed E-state index contributed by atoms with van der Waals surface area (Å²) in [6, 6.07) is -0.292. The zero-order valence-electron chi connectivity index (χ0n) is 26.3. The Balaban J connectivity index is 3.90. The van der Waals surface area contributed by atoms with Gasteiger partial charge in [0.2, 0.25) is 0 Å². The van der Waals surface area contributed by atoms with Crippen LogP contribution in [0.15, 0.2) is 0 Å². The van der Waals surface area contributed by atoms with E-state index in [1.165, 1.54) is 103 Å². The van der Waals surface area contributed by atoms with Crippen molar-refractivity contribution in [3.63, 3.8) is 0 Å². The van der Waals surface area contributed by atoms with Crippen molar-refractivity contribution in [1.82, 2.24) is 5.48 Å². The number of hydrogen-bond acceptors (Lipinski definition) is 6. The maximum Gasteiger partial charge on any atom is 0.306 e. The Kier molecular flexibility index (Phi) is 29.9. The fourth-order valence-corrected chi connectivity index (χ4v) is 5.66. The summed E-state index contributed by atoms with van der Waals surface area (Å²) >= 11 is 1.70. The highest BCUT2D eigenvalue weighted by molar-refractivity contribution is 7.99. The Morgan fingerprint density at radius 1 is 0.744 bits per heavy atom. The van der Waals surface area contributed by atoms with Crippen LogP contribution in [-0.2, 0) is 19.2 Å². The van der Waals surface area contributed by atoms with Gasteiger partial charge in [-0.1, -0.05) is 124 Å². The zero-order valence-corrected chi connectivity index (χ0v) is 27.1. The molecule has 0 aromatic rings. The third-order valence-electron chi connectivity index (χ3n) is 7.36. The van der Waals surface area contributed by atoms with Crippen LogP contribution >= 0.6 is 11.8 Å². The number of unbranched alkanes of at least 4 members (excludes halogenated alkanes) is 12. The van der Waals surface area contributed by atoms with Gasteiger partial charge in [0.15, 0.2) is 0 Å². The van der Waals surface area contributed by atoms with Crippen LogP contribution in [0.4, 0.5) is 0 Å². The Morgan fingerprint density at radius 2 is 1.31 bits per heavy atom. The predicted molar refractivity (Wildman–Crippen MR) is 169 cm³/mol. The summed E-state index contributed by atoms with van der Waals surface area (Å²) in [5.74, 6) is 2.81. The topological polar surface area (TPSA) is 64.6 Å². The van der Waals surface area contributed by atoms with Crippen LogP contribution < -0.4 is 5.48 Å². The van der Waals surface area contributed by atoms with E-state index in [9.17, 15) is 9.59 Å². The number of thioether (sulfide) groups is 1. The summed E-state index contributed by atoms with van der Waals surface area (Å²) in [6.45, 7) is 10.3. The second-order valence-corrected chi connectivity index (χ2v) is 13.0. The summed E-state index contributed by atoms with van der Waals surface area (Å²) in [5, 5.41) is 0. The molecule has 2 unspecified atom stereocenters. The van der Waals surface area contributed by atoms with Gasteiger partial charge < -0.3 is 14.4 Å². The number of hydrogen-bond donors (Lipinski definition) is 1. The van der Waals surface area contributed by atoms with Crippen molar-refractivity contribution in [2.45, 2.75) is 162 Å². The van der Waals surface area contributed by atoms with Gasteiger partial charge in [-0.25, -0.2) is 0 Å². The fourth-order valence-electron chi connectivity index (χ4n) is 4.72. The van der Waals surface area contributed by atoms with Crippen molar-refractivity contribution in [3.8, 4) is 0 Å². The minimum atomic E-state index is -0.292. The molecule has 0 heterocycles. The largest absolute Gasteiger partial charge is 0.466 e. The Bertz CT molecular complexity index is 532. The van der Waals surface area contributed by atoms with Crippen LogP contribution in [0.3, 0.4) is 0 Å². The fraction of sp³-hybridized carbons (Fsp3) is 0.939. The van der Waals surface area contributed by atoms with Gasteiger partial charge in [-0.15, -0.1) is 0 Å². The first-order valence-corrected chi connectivity index (χ1v) is 17.7. The first-order valence-electron chi connectivity index (χ1n) is 16.6. The lowest BCUT2D eigenvalue weighted by Crippen LogP contribution is -2.33. The number of carbonyl (C=O) groups excluding carboxylic acids is 2. The molecule has 0 rings (SSSR count). The quantitative estimate of drug-likeness (QED) is 0.0387. The smallest absolute Gasteiger partial charge is 0.306 e. The second-order valence-electron chi connectivity index (χ2n) is 11.8. The van der Waals surface area contributed by atoms with Crippen LogP contribution in [0.2, 0.25) is 0 Å². The monoisotopic (exact) mass is 571 g/mol. The van der Waals surface area contributed by atoms with Gasteiger partial charge in [-0.2, -0.15) is 17.2 Å². The van der Waals surface area contributed by atoms with E-state index in [-0.39, 0.29) is 12.0 Å². The van der Waals surface area contributed by atoms with E-state index in [0.29, 0.717) is 32.0 Å². The summed E-state index contributed by atoms with van der Waals surface area (Å²) in [4.78, 5) is 29.3. The Morgan fingerprint density at radius 3 is 1.92 bits per heavy atom. The minimum absolute atomic E-state index is 0.106. The predicted octanol–water partition coefficient (Wildman–Crippen LogP) is 9.47. The third-order valence-corrected chi connectivity index (χ3v) is 8.38. The molecule has 0 aromatic heterocycles. The summed E-state index contributed by atoms with van der Waals surface area (Å²) in [7, 11) is 0. The van der Waals surface area contributed by atoms with E-state index in [2.05, 4.69) is 33.2 Å². The molecular formula is C33H65NO4S. The molecule has 0 aliphatic carbocycles. The molecular weight excluding hydrogens is 506 g/mol. The van der Waals surface area contributed by atoms with Gasteiger partial charge in [0, 0.05) is 5.75 Å². The average molecular weight is 572 g/mol. The van der Waals surface area contributed by atoms with Crippen LogP contribution in [-0.4, -0.2) is 43.0 Å². The van der Waals surface area contributed by atoms with Crippen molar-refractivity contribution in [2.24, 2.45) is 11.8 Å². The molecule has 232 valence electrons. The molecule has 0 bridgehead atoms. The first-order chi connectivity index (χ1) is 19.0. The molecule has 0 aromatic carbocycles. The number of hydroxylamine groups is 1. The van der Waals surface area contributed by atoms with Gasteiger partial charge in [0.25, 0.3) is 0 Å². The molecule has 5 nitrogen and oxygen atoms in total. The lowest BCUT2D eigenvalue weighted by Gasteiger charge is -2.19. The lowest BCUT2D eigenvalue weighted by atomic mass is 9.95. The van der Waals surface area contributed by atoms with Crippen molar-refractivity contribution >= 4 is 24.0 Å². The van der Waals surface area contributed by atoms with Crippen LogP contribution in [0.5, 0.6) is 0 Å². The van der Waals surface area contributed by atoms with Gasteiger partial charge in [-0.05, 0) is 43.3 Å². The summed E-state index contributed by atoms with van der Waals surface area (Å²) in [5.41, 5.74) is 3.00. The van der Waals surface area contributed by atoms with Crippen molar-refractivity contribution in [3.05, 3.63) is 0 Å². The van der Waals surface area contributed by atoms with Crippen LogP contribution in [0.25, 0.3) is 0 Å². The Labute approximate surface area is 247 Å². The molecule has 0 saturated carbocycles. The standard InChI is InChI=1S/C33H65NO4S/c1-5-7-9-11-14-18-22-31(21-17-10-8-6-2)29-38-34-32(28-35)23-26-39-27-24-33(36)37-25-19-15-12-13-16-20-30(3)4/h28,30-32,34H,5-27,29H2,1-4H3. The summed E-state index contributed by atoms with van der Waals surface area (Å²) < 4.78 is 5.36. The third kappa shape index (κ3) is 28.7. The molecule has 0 amide bonds. The molecule has 0 radical (unpaired) electrons. The maximum atomic E-state index is 11.9. The molecule has 0 saturated heterocycles. The van der Waals surface area contributed by atoms with E-state index in [4.69, 9.17) is 9.57 Å². The molecule has 0 spiro atoms. The summed E-state index contributed by atoms with van der Waals surface area (Å²) in [6.07, 6.45) is 24.8. The highest BCUT2D eigenvalue weighted by Gasteiger charge is 2.12. The minimum Gasteiger partial charge on any atom is -0.466 e. The van der Waals surface area contributed by atoms with Gasteiger partial charge in [-0.3, -0.25) is 4.79 Å². The number of aldehydes is 1. The average Bonchev–Trinajstić information content (AvgIpc) is 2.92. The number of ether oxygens (including phenoxy) is 1. The number of carbonyl (C=O) groups is 2. The first kappa shape index (κ1) is 38.4. The maximum absolute atomic E-state index is 11.9. The number of nitrogens with one attached hydrogen (secondary N) is 1. The van der Waals surface area contributed by atoms with E-state index in [0.717, 1.165) is 36.6 Å². The number of rotatable bonds is 31. The SMILES string of the molecule is CCCCCCCCC(CCCCCC)CONC(C=O)CCSCCC(=O)OCCCCCCCC(C)C. The van der Waals surface area contributed by atoms with Crippen molar-refractivity contribution < 1.29 is 19.2 Å². The molecule has 0 aliphatic rings. The highest BCUT2D eigenvalue weighted by Crippen LogP contribution is 2.19. The van der Waals surface area contributed by atoms with Gasteiger partial charge >= 0.3 is 5.97 Å². The number of esters is 1. The van der Waals surface area contributed by atoms with Crippen molar-refractivity contribution in [2.75, 3.05) is 24.7 Å². The van der Waals surface area contributed by atoms with E-state index in [1.807, 2.05) is 0 Å². The van der Waals surface area contributed by atoms with E-state index >= 15 is 0 Å². The van der Waals surface area contributed by atoms with E-state index in [1.54, 1.807) is 11.8 Å². The molecule has 1 N–H and O–H groups in total. The van der Waals surface area contributed by atoms with Crippen LogP contribution in [0, 0.1) is 11.8 Å². The highest BCUT2D eigenvalue weighted by atomic mass is 32.2. The van der Waals surface area contributed by atoms with Gasteiger partial charge in [0.1, 0.15) is 6.29 Å². The van der Waals surface area contributed by atoms with E-state index < -0.39 is 0 Å². The molecule has 2 atom stereocenters. The normalized spacial score (nSPS) is 13.1. The Hall–Kier alpha value is -0.590. The zero-order chi connectivity index (χ0) is 28.8. The molecule has 6 heteroatoms. The second kappa shape index (κ2) is 30.4. The van der Waals surface area contributed by atoms with Crippen molar-refractivity contribution in [1.29, 1.82) is 0 Å². The lowest BCUT2D eigenvalue weighted by molar-refractivity contribution is -0.143. The van der Waals surface area contributed by atoms with Crippen LogP contribution in [0.1, 0.15) is 156 Å². The van der Waals surface area contributed by atoms with Gasteiger partial charge in [0.05, 0.1) is 25.7 Å². The molecule has 0 aliphatic heterocycles. The molecule has 39 heavy (non-hydrogen) atoms.